The predicted molar refractivity (Wildman–Crippen MR) is 87.8 cm³/mol. The van der Waals surface area contributed by atoms with E-state index in [2.05, 4.69) is 25.6 Å². The van der Waals surface area contributed by atoms with Crippen LogP contribution in [0.4, 0.5) is 20.3 Å². The van der Waals surface area contributed by atoms with Gasteiger partial charge in [0.1, 0.15) is 5.82 Å². The zero-order valence-electron chi connectivity index (χ0n) is 14.1. The van der Waals surface area contributed by atoms with Crippen LogP contribution >= 0.6 is 0 Å². The number of hydrogen-bond donors (Lipinski definition) is 2. The molecule has 2 heterocycles. The molecular weight excluding hydrogens is 332 g/mol. The molecule has 0 spiro atoms. The van der Waals surface area contributed by atoms with Crippen molar-refractivity contribution < 1.29 is 18.3 Å². The van der Waals surface area contributed by atoms with E-state index in [-0.39, 0.29) is 23.1 Å². The molecule has 0 unspecified atom stereocenters. The lowest BCUT2D eigenvalue weighted by Crippen LogP contribution is -2.27. The van der Waals surface area contributed by atoms with Gasteiger partial charge in [-0.1, -0.05) is 13.8 Å². The number of nitrogens with one attached hydrogen (secondary N) is 2. The van der Waals surface area contributed by atoms with E-state index in [4.69, 9.17) is 4.74 Å². The van der Waals surface area contributed by atoms with Crippen LogP contribution in [0.15, 0.2) is 18.3 Å². The first kappa shape index (κ1) is 18.5. The second-order valence-electron chi connectivity index (χ2n) is 5.68. The molecule has 2 N–H and O–H groups in total. The van der Waals surface area contributed by atoms with Gasteiger partial charge in [-0.05, 0) is 12.3 Å². The number of nitrogens with zero attached hydrogens (tertiary/aromatic N) is 3. The summed E-state index contributed by atoms with van der Waals surface area (Å²) in [4.78, 5) is 23.4. The molecule has 0 aliphatic rings. The highest BCUT2D eigenvalue weighted by atomic mass is 19.1. The topological polar surface area (TPSA) is 89.0 Å². The molecule has 2 aromatic heterocycles. The first-order valence-electron chi connectivity index (χ1n) is 7.68. The summed E-state index contributed by atoms with van der Waals surface area (Å²) in [5.74, 6) is -1.76. The summed E-state index contributed by atoms with van der Waals surface area (Å²) in [6, 6.07) is 1.99. The van der Waals surface area contributed by atoms with E-state index in [1.165, 1.54) is 13.3 Å². The Morgan fingerprint density at radius 2 is 1.92 bits per heavy atom. The number of anilines is 2. The van der Waals surface area contributed by atoms with Crippen LogP contribution in [-0.2, 0) is 0 Å². The number of methoxy groups -OCH3 is 1. The highest BCUT2D eigenvalue weighted by Crippen LogP contribution is 2.19. The van der Waals surface area contributed by atoms with E-state index in [0.29, 0.717) is 12.5 Å². The fourth-order valence-electron chi connectivity index (χ4n) is 1.98. The molecule has 0 bridgehead atoms. The van der Waals surface area contributed by atoms with Crippen LogP contribution in [0.2, 0.25) is 0 Å². The molecule has 7 nitrogen and oxygen atoms in total. The summed E-state index contributed by atoms with van der Waals surface area (Å²) < 4.78 is 31.3. The molecule has 2 rings (SSSR count). The summed E-state index contributed by atoms with van der Waals surface area (Å²) >= 11 is 0. The fourth-order valence-corrected chi connectivity index (χ4v) is 1.98. The summed E-state index contributed by atoms with van der Waals surface area (Å²) in [7, 11) is 1.37. The summed E-state index contributed by atoms with van der Waals surface area (Å²) in [5.41, 5.74) is 0.0712. The smallest absolute Gasteiger partial charge is 0.275 e. The average molecular weight is 351 g/mol. The minimum absolute atomic E-state index is 0.0220. The molecule has 1 amide bonds. The maximum absolute atomic E-state index is 13.2. The Balaban J connectivity index is 2.19. The van der Waals surface area contributed by atoms with Crippen molar-refractivity contribution in [2.45, 2.75) is 20.3 Å². The number of carbonyl (C=O) groups excluding carboxylic acids is 1. The Bertz CT molecular complexity index is 735. The number of carbonyl (C=O) groups is 1. The molecule has 0 atom stereocenters. The number of amides is 1. The third-order valence-electron chi connectivity index (χ3n) is 3.19. The number of rotatable bonds is 7. The van der Waals surface area contributed by atoms with Gasteiger partial charge in [0.05, 0.1) is 13.3 Å². The van der Waals surface area contributed by atoms with Crippen LogP contribution in [0.5, 0.6) is 5.88 Å². The lowest BCUT2D eigenvalue weighted by molar-refractivity contribution is 0.0943. The van der Waals surface area contributed by atoms with E-state index >= 15 is 0 Å². The highest BCUT2D eigenvalue weighted by Gasteiger charge is 2.17. The number of halogens is 2. The first-order valence-corrected chi connectivity index (χ1v) is 7.68. The van der Waals surface area contributed by atoms with Crippen molar-refractivity contribution in [2.75, 3.05) is 19.0 Å². The number of aromatic nitrogens is 3. The van der Waals surface area contributed by atoms with Gasteiger partial charge in [0.2, 0.25) is 17.8 Å². The van der Waals surface area contributed by atoms with Crippen molar-refractivity contribution in [2.24, 2.45) is 5.92 Å². The normalized spacial score (nSPS) is 10.6. The Morgan fingerprint density at radius 1 is 1.24 bits per heavy atom. The molecule has 2 aromatic rings. The molecule has 0 aromatic carbocycles. The van der Waals surface area contributed by atoms with Crippen molar-refractivity contribution in [3.63, 3.8) is 0 Å². The van der Waals surface area contributed by atoms with E-state index in [1.807, 2.05) is 13.8 Å². The summed E-state index contributed by atoms with van der Waals surface area (Å²) in [6.07, 6.45) is 2.11. The number of hydrogen-bond acceptors (Lipinski definition) is 6. The van der Waals surface area contributed by atoms with E-state index in [1.54, 1.807) is 0 Å². The third-order valence-corrected chi connectivity index (χ3v) is 3.19. The van der Waals surface area contributed by atoms with Gasteiger partial charge < -0.3 is 15.4 Å². The van der Waals surface area contributed by atoms with Crippen LogP contribution in [0.3, 0.4) is 0 Å². The number of ether oxygens (including phenoxy) is 1. The minimum atomic E-state index is -0.976. The SMILES string of the molecule is COc1ncc(Nc2cc(F)nc(F)c2)nc1C(=O)NCCC(C)C. The second-order valence-corrected chi connectivity index (χ2v) is 5.68. The molecule has 0 radical (unpaired) electrons. The molecule has 0 saturated carbocycles. The minimum Gasteiger partial charge on any atom is -0.479 e. The van der Waals surface area contributed by atoms with Gasteiger partial charge in [-0.3, -0.25) is 4.79 Å². The van der Waals surface area contributed by atoms with Gasteiger partial charge in [-0.25, -0.2) is 9.97 Å². The molecule has 25 heavy (non-hydrogen) atoms. The van der Waals surface area contributed by atoms with Gasteiger partial charge in [0, 0.05) is 24.4 Å². The lowest BCUT2D eigenvalue weighted by atomic mass is 10.1. The Labute approximate surface area is 143 Å². The van der Waals surface area contributed by atoms with Gasteiger partial charge in [0.15, 0.2) is 5.69 Å². The molecule has 134 valence electrons. The molecular formula is C16H19F2N5O2. The maximum atomic E-state index is 13.2. The zero-order chi connectivity index (χ0) is 18.4. The molecule has 0 fully saturated rings. The summed E-state index contributed by atoms with van der Waals surface area (Å²) in [5, 5.41) is 5.41. The lowest BCUT2D eigenvalue weighted by Gasteiger charge is -2.11. The van der Waals surface area contributed by atoms with Gasteiger partial charge in [0.25, 0.3) is 5.91 Å². The van der Waals surface area contributed by atoms with E-state index in [9.17, 15) is 13.6 Å². The maximum Gasteiger partial charge on any atom is 0.275 e. The average Bonchev–Trinajstić information content (AvgIpc) is 2.53. The highest BCUT2D eigenvalue weighted by molar-refractivity contribution is 5.94. The monoisotopic (exact) mass is 351 g/mol. The second kappa shape index (κ2) is 8.32. The fraction of sp³-hybridized carbons (Fsp3) is 0.375. The van der Waals surface area contributed by atoms with Crippen LogP contribution in [0.1, 0.15) is 30.8 Å². The number of pyridine rings is 1. The third kappa shape index (κ3) is 5.33. The van der Waals surface area contributed by atoms with Crippen LogP contribution in [-0.4, -0.2) is 34.5 Å². The zero-order valence-corrected chi connectivity index (χ0v) is 14.1. The summed E-state index contributed by atoms with van der Waals surface area (Å²) in [6.45, 7) is 4.58. The predicted octanol–water partition coefficient (Wildman–Crippen LogP) is 2.68. The van der Waals surface area contributed by atoms with Crippen molar-refractivity contribution in [1.82, 2.24) is 20.3 Å². The quantitative estimate of drug-likeness (QED) is 0.746. The Hall–Kier alpha value is -2.84. The Morgan fingerprint density at radius 3 is 2.52 bits per heavy atom. The standard InChI is InChI=1S/C16H19F2N5O2/c1-9(2)4-5-19-15(24)14-16(25-3)20-8-13(23-14)21-10-6-11(17)22-12(18)7-10/h6-9H,4-5H2,1-3H3,(H,19,24)(H,21,22,23). The van der Waals surface area contributed by atoms with Crippen molar-refractivity contribution in [1.29, 1.82) is 0 Å². The van der Waals surface area contributed by atoms with E-state index in [0.717, 1.165) is 18.6 Å². The van der Waals surface area contributed by atoms with Crippen LogP contribution < -0.4 is 15.4 Å². The van der Waals surface area contributed by atoms with Crippen molar-refractivity contribution in [3.8, 4) is 5.88 Å². The molecule has 9 heteroatoms. The largest absolute Gasteiger partial charge is 0.479 e. The van der Waals surface area contributed by atoms with E-state index < -0.39 is 17.8 Å². The molecule has 0 saturated heterocycles. The van der Waals surface area contributed by atoms with Crippen molar-refractivity contribution >= 4 is 17.4 Å². The van der Waals surface area contributed by atoms with Gasteiger partial charge in [-0.2, -0.15) is 13.8 Å². The van der Waals surface area contributed by atoms with Crippen molar-refractivity contribution in [3.05, 3.63) is 35.9 Å². The van der Waals surface area contributed by atoms with Gasteiger partial charge >= 0.3 is 0 Å². The first-order chi connectivity index (χ1) is 11.9. The molecule has 0 aliphatic heterocycles. The van der Waals surface area contributed by atoms with Crippen LogP contribution in [0.25, 0.3) is 0 Å². The van der Waals surface area contributed by atoms with Gasteiger partial charge in [-0.15, -0.1) is 0 Å². The van der Waals surface area contributed by atoms with Crippen LogP contribution in [0, 0.1) is 17.8 Å². The molecule has 0 aliphatic carbocycles. The Kier molecular flexibility index (Phi) is 6.15.